The van der Waals surface area contributed by atoms with Crippen LogP contribution in [0.1, 0.15) is 11.9 Å². The summed E-state index contributed by atoms with van der Waals surface area (Å²) in [7, 11) is 1.31. The SMILES string of the molecule is C=CCO[C@H]1[C@H](O[C@H]2[C@H](O)[C@@H](O)[C@H](OC)O[C@@H]2CO)O[C@@H]2COC(c3ccccc3)O[C@@H]2[C@@H]1O. The molecule has 0 saturated carbocycles. The van der Waals surface area contributed by atoms with Gasteiger partial charge in [-0.15, -0.1) is 6.58 Å². The van der Waals surface area contributed by atoms with Gasteiger partial charge in [0.05, 0.1) is 19.8 Å². The summed E-state index contributed by atoms with van der Waals surface area (Å²) >= 11 is 0. The smallest absolute Gasteiger partial charge is 0.187 e. The molecule has 3 aliphatic rings. The minimum atomic E-state index is -1.46. The fourth-order valence-corrected chi connectivity index (χ4v) is 4.38. The van der Waals surface area contributed by atoms with E-state index in [0.29, 0.717) is 0 Å². The summed E-state index contributed by atoms with van der Waals surface area (Å²) in [5.74, 6) is 0. The third-order valence-corrected chi connectivity index (χ3v) is 6.13. The number of ether oxygens (including phenoxy) is 7. The largest absolute Gasteiger partial charge is 0.394 e. The first-order chi connectivity index (χ1) is 16.5. The van der Waals surface area contributed by atoms with E-state index in [2.05, 4.69) is 6.58 Å². The number of aliphatic hydroxyl groups excluding tert-OH is 4. The molecule has 1 aromatic carbocycles. The molecule has 0 amide bonds. The predicted molar refractivity (Wildman–Crippen MR) is 114 cm³/mol. The molecule has 0 aliphatic carbocycles. The Morgan fingerprint density at radius 3 is 2.44 bits per heavy atom. The van der Waals surface area contributed by atoms with Crippen molar-refractivity contribution in [1.82, 2.24) is 0 Å². The van der Waals surface area contributed by atoms with Crippen LogP contribution < -0.4 is 0 Å². The van der Waals surface area contributed by atoms with Crippen molar-refractivity contribution in [2.45, 2.75) is 67.7 Å². The normalized spacial score (nSPS) is 42.7. The minimum Gasteiger partial charge on any atom is -0.394 e. The second-order valence-corrected chi connectivity index (χ2v) is 8.34. The number of hydrogen-bond acceptors (Lipinski definition) is 11. The van der Waals surface area contributed by atoms with Crippen LogP contribution in [0.25, 0.3) is 0 Å². The lowest BCUT2D eigenvalue weighted by molar-refractivity contribution is -0.387. The van der Waals surface area contributed by atoms with Crippen molar-refractivity contribution in [3.05, 3.63) is 48.6 Å². The third-order valence-electron chi connectivity index (χ3n) is 6.13. The van der Waals surface area contributed by atoms with Gasteiger partial charge in [0.25, 0.3) is 0 Å². The molecule has 190 valence electrons. The maximum absolute atomic E-state index is 11.2. The van der Waals surface area contributed by atoms with E-state index in [1.807, 2.05) is 30.3 Å². The van der Waals surface area contributed by atoms with Crippen LogP contribution in [0, 0.1) is 0 Å². The summed E-state index contributed by atoms with van der Waals surface area (Å²) < 4.78 is 40.1. The van der Waals surface area contributed by atoms with E-state index in [-0.39, 0.29) is 13.2 Å². The Bertz CT molecular complexity index is 777. The van der Waals surface area contributed by atoms with E-state index in [4.69, 9.17) is 33.2 Å². The van der Waals surface area contributed by atoms with Crippen LogP contribution in [0.3, 0.4) is 0 Å². The van der Waals surface area contributed by atoms with Gasteiger partial charge >= 0.3 is 0 Å². The lowest BCUT2D eigenvalue weighted by atomic mass is 9.96. The van der Waals surface area contributed by atoms with Crippen LogP contribution in [0.2, 0.25) is 0 Å². The number of aliphatic hydroxyl groups is 4. The molecule has 11 atom stereocenters. The van der Waals surface area contributed by atoms with Gasteiger partial charge in [0, 0.05) is 12.7 Å². The number of hydrogen-bond donors (Lipinski definition) is 4. The quantitative estimate of drug-likeness (QED) is 0.345. The highest BCUT2D eigenvalue weighted by Crippen LogP contribution is 2.36. The molecule has 3 aliphatic heterocycles. The zero-order chi connectivity index (χ0) is 24.2. The fraction of sp³-hybridized carbons (Fsp3) is 0.652. The van der Waals surface area contributed by atoms with Crippen molar-refractivity contribution in [2.75, 3.05) is 26.9 Å². The van der Waals surface area contributed by atoms with Gasteiger partial charge < -0.3 is 53.6 Å². The van der Waals surface area contributed by atoms with Crippen LogP contribution in [0.5, 0.6) is 0 Å². The van der Waals surface area contributed by atoms with Gasteiger partial charge in [-0.2, -0.15) is 0 Å². The zero-order valence-electron chi connectivity index (χ0n) is 18.8. The second-order valence-electron chi connectivity index (χ2n) is 8.34. The zero-order valence-corrected chi connectivity index (χ0v) is 18.8. The molecule has 4 rings (SSSR count). The van der Waals surface area contributed by atoms with E-state index in [1.54, 1.807) is 0 Å². The van der Waals surface area contributed by atoms with E-state index in [9.17, 15) is 20.4 Å². The summed E-state index contributed by atoms with van der Waals surface area (Å²) in [6.07, 6.45) is -10.3. The Morgan fingerprint density at radius 2 is 1.76 bits per heavy atom. The van der Waals surface area contributed by atoms with Gasteiger partial charge in [0.1, 0.15) is 48.8 Å². The average Bonchev–Trinajstić information content (AvgIpc) is 2.87. The van der Waals surface area contributed by atoms with E-state index < -0.39 is 74.3 Å². The minimum absolute atomic E-state index is 0.0858. The highest BCUT2D eigenvalue weighted by molar-refractivity contribution is 5.16. The summed E-state index contributed by atoms with van der Waals surface area (Å²) in [6, 6.07) is 9.32. The topological polar surface area (TPSA) is 146 Å². The van der Waals surface area contributed by atoms with Crippen LogP contribution in [0.4, 0.5) is 0 Å². The predicted octanol–water partition coefficient (Wildman–Crippen LogP) is -0.772. The molecule has 1 aromatic rings. The lowest BCUT2D eigenvalue weighted by Gasteiger charge is -2.49. The molecule has 11 heteroatoms. The van der Waals surface area contributed by atoms with E-state index in [0.717, 1.165) is 5.56 Å². The molecule has 0 aromatic heterocycles. The molecule has 0 spiro atoms. The Morgan fingerprint density at radius 1 is 1.00 bits per heavy atom. The molecule has 11 nitrogen and oxygen atoms in total. The van der Waals surface area contributed by atoms with Gasteiger partial charge in [0.2, 0.25) is 0 Å². The van der Waals surface area contributed by atoms with E-state index >= 15 is 0 Å². The van der Waals surface area contributed by atoms with Crippen molar-refractivity contribution < 1.29 is 53.6 Å². The first-order valence-corrected chi connectivity index (χ1v) is 11.2. The van der Waals surface area contributed by atoms with Crippen LogP contribution in [0.15, 0.2) is 43.0 Å². The summed E-state index contributed by atoms with van der Waals surface area (Å²) in [5.41, 5.74) is 0.796. The molecule has 3 heterocycles. The van der Waals surface area contributed by atoms with Gasteiger partial charge in [0.15, 0.2) is 18.9 Å². The Hall–Kier alpha value is -1.48. The van der Waals surface area contributed by atoms with Gasteiger partial charge in [-0.05, 0) is 0 Å². The highest BCUT2D eigenvalue weighted by atomic mass is 16.8. The fourth-order valence-electron chi connectivity index (χ4n) is 4.38. The number of fused-ring (bicyclic) bond motifs is 1. The van der Waals surface area contributed by atoms with Crippen LogP contribution in [-0.4, -0.2) is 109 Å². The Balaban J connectivity index is 1.51. The molecule has 3 fully saturated rings. The number of methoxy groups -OCH3 is 1. The lowest BCUT2D eigenvalue weighted by Crippen LogP contribution is -2.66. The molecule has 1 unspecified atom stereocenters. The molecular weight excluding hydrogens is 452 g/mol. The molecule has 4 N–H and O–H groups in total. The number of rotatable bonds is 8. The van der Waals surface area contributed by atoms with Gasteiger partial charge in [-0.1, -0.05) is 36.4 Å². The van der Waals surface area contributed by atoms with Gasteiger partial charge in [-0.3, -0.25) is 0 Å². The van der Waals surface area contributed by atoms with Crippen LogP contribution >= 0.6 is 0 Å². The third kappa shape index (κ3) is 5.20. The first kappa shape index (κ1) is 25.6. The molecular formula is C23H32O11. The maximum Gasteiger partial charge on any atom is 0.187 e. The molecule has 0 bridgehead atoms. The second kappa shape index (κ2) is 11.5. The van der Waals surface area contributed by atoms with Crippen molar-refractivity contribution >= 4 is 0 Å². The highest BCUT2D eigenvalue weighted by Gasteiger charge is 2.53. The van der Waals surface area contributed by atoms with Crippen LogP contribution in [-0.2, 0) is 33.2 Å². The summed E-state index contributed by atoms with van der Waals surface area (Å²) in [6.45, 7) is 3.31. The molecule has 0 radical (unpaired) electrons. The standard InChI is InChI=1S/C23H32O11/c1-3-9-29-20-17(27)19-14(11-30-21(33-19)12-7-5-4-6-8-12)32-23(20)34-18-13(10-24)31-22(28-2)16(26)15(18)25/h3-8,13-27H,1,9-11H2,2H3/t13-,14-,15-,16-,17+,18-,19+,20-,21?,22-,23+/m1/s1. The average molecular weight is 484 g/mol. The summed E-state index contributed by atoms with van der Waals surface area (Å²) in [4.78, 5) is 0. The van der Waals surface area contributed by atoms with E-state index in [1.165, 1.54) is 13.2 Å². The Labute approximate surface area is 197 Å². The maximum atomic E-state index is 11.2. The molecule has 34 heavy (non-hydrogen) atoms. The monoisotopic (exact) mass is 484 g/mol. The Kier molecular flexibility index (Phi) is 8.66. The molecule has 3 saturated heterocycles. The number of benzene rings is 1. The first-order valence-electron chi connectivity index (χ1n) is 11.2. The summed E-state index contributed by atoms with van der Waals surface area (Å²) in [5, 5.41) is 41.8. The van der Waals surface area contributed by atoms with Crippen molar-refractivity contribution in [3.8, 4) is 0 Å². The van der Waals surface area contributed by atoms with Crippen molar-refractivity contribution in [2.24, 2.45) is 0 Å². The van der Waals surface area contributed by atoms with Crippen molar-refractivity contribution in [3.63, 3.8) is 0 Å². The van der Waals surface area contributed by atoms with Crippen molar-refractivity contribution in [1.29, 1.82) is 0 Å². The van der Waals surface area contributed by atoms with Gasteiger partial charge in [-0.25, -0.2) is 0 Å².